The first-order chi connectivity index (χ1) is 12.6. The van der Waals surface area contributed by atoms with E-state index in [9.17, 15) is 20.2 Å². The van der Waals surface area contributed by atoms with Gasteiger partial charge >= 0.3 is 5.69 Å². The minimum absolute atomic E-state index is 0.225. The van der Waals surface area contributed by atoms with Crippen molar-refractivity contribution in [1.82, 2.24) is 0 Å². The van der Waals surface area contributed by atoms with Gasteiger partial charge in [0.1, 0.15) is 5.69 Å². The molecule has 1 N–H and O–H groups in total. The predicted molar refractivity (Wildman–Crippen MR) is 97.7 cm³/mol. The van der Waals surface area contributed by atoms with Crippen LogP contribution in [-0.2, 0) is 0 Å². The molecule has 0 aliphatic carbocycles. The number of nitro benzene ring substituents is 2. The van der Waals surface area contributed by atoms with E-state index in [1.807, 2.05) is 48.5 Å². The van der Waals surface area contributed by atoms with Crippen LogP contribution in [0.3, 0.4) is 0 Å². The second-order valence-electron chi connectivity index (χ2n) is 5.69. The molecule has 0 amide bonds. The standard InChI is InChI=1S/C18H12N4O4/c23-21(24)13-10-16-18(17(11-13)22(25)26)19-14-8-4-5-9-15(14)20(16)12-6-2-1-3-7-12/h1-11,19H. The quantitative estimate of drug-likeness (QED) is 0.411. The third-order valence-electron chi connectivity index (χ3n) is 4.15. The molecular formula is C18H12N4O4. The Bertz CT molecular complexity index is 1040. The summed E-state index contributed by atoms with van der Waals surface area (Å²) in [5.74, 6) is 0. The average molecular weight is 348 g/mol. The smallest absolute Gasteiger partial charge is 0.301 e. The number of nitro groups is 2. The van der Waals surface area contributed by atoms with Gasteiger partial charge in [0.05, 0.1) is 33.0 Å². The van der Waals surface area contributed by atoms with Gasteiger partial charge in [0, 0.05) is 11.8 Å². The van der Waals surface area contributed by atoms with E-state index in [1.54, 1.807) is 11.0 Å². The number of nitrogens with zero attached hydrogens (tertiary/aromatic N) is 3. The lowest BCUT2D eigenvalue weighted by Gasteiger charge is -2.33. The van der Waals surface area contributed by atoms with Crippen LogP contribution in [0.15, 0.2) is 66.7 Å². The molecular weight excluding hydrogens is 336 g/mol. The van der Waals surface area contributed by atoms with Crippen LogP contribution in [0.1, 0.15) is 0 Å². The maximum absolute atomic E-state index is 11.5. The van der Waals surface area contributed by atoms with Crippen molar-refractivity contribution in [3.05, 3.63) is 87.0 Å². The summed E-state index contributed by atoms with van der Waals surface area (Å²) < 4.78 is 0. The second-order valence-corrected chi connectivity index (χ2v) is 5.69. The number of non-ortho nitro benzene ring substituents is 1. The molecule has 26 heavy (non-hydrogen) atoms. The minimum atomic E-state index is -0.628. The van der Waals surface area contributed by atoms with Crippen LogP contribution in [0.4, 0.5) is 39.8 Å². The molecule has 0 saturated heterocycles. The van der Waals surface area contributed by atoms with Gasteiger partial charge in [-0.15, -0.1) is 0 Å². The molecule has 0 bridgehead atoms. The lowest BCUT2D eigenvalue weighted by atomic mass is 10.1. The van der Waals surface area contributed by atoms with Crippen LogP contribution in [-0.4, -0.2) is 9.85 Å². The topological polar surface area (TPSA) is 102 Å². The second kappa shape index (κ2) is 5.85. The van der Waals surface area contributed by atoms with E-state index in [2.05, 4.69) is 5.32 Å². The number of benzene rings is 3. The number of rotatable bonds is 3. The molecule has 8 heteroatoms. The van der Waals surface area contributed by atoms with Crippen molar-refractivity contribution < 1.29 is 9.85 Å². The average Bonchev–Trinajstić information content (AvgIpc) is 2.65. The van der Waals surface area contributed by atoms with Crippen LogP contribution in [0.2, 0.25) is 0 Å². The third-order valence-corrected chi connectivity index (χ3v) is 4.15. The van der Waals surface area contributed by atoms with E-state index in [0.717, 1.165) is 17.4 Å². The Labute approximate surface area is 147 Å². The Balaban J connectivity index is 2.05. The van der Waals surface area contributed by atoms with Gasteiger partial charge in [0.25, 0.3) is 5.69 Å². The van der Waals surface area contributed by atoms with Gasteiger partial charge in [-0.25, -0.2) is 0 Å². The van der Waals surface area contributed by atoms with E-state index < -0.39 is 9.85 Å². The normalized spacial score (nSPS) is 11.9. The molecule has 0 atom stereocenters. The van der Waals surface area contributed by atoms with E-state index in [4.69, 9.17) is 0 Å². The van der Waals surface area contributed by atoms with Crippen molar-refractivity contribution in [3.8, 4) is 0 Å². The van der Waals surface area contributed by atoms with Gasteiger partial charge in [-0.1, -0.05) is 30.3 Å². The summed E-state index contributed by atoms with van der Waals surface area (Å²) in [5, 5.41) is 25.9. The number of nitrogens with one attached hydrogen (secondary N) is 1. The first-order valence-corrected chi connectivity index (χ1v) is 7.74. The van der Waals surface area contributed by atoms with E-state index in [1.165, 1.54) is 6.07 Å². The SMILES string of the molecule is O=[N+]([O-])c1cc2c(c([N+](=O)[O-])c1)Nc1ccccc1N2c1ccccc1. The van der Waals surface area contributed by atoms with Crippen LogP contribution < -0.4 is 10.2 Å². The molecule has 3 aromatic carbocycles. The van der Waals surface area contributed by atoms with Crippen molar-refractivity contribution in [2.45, 2.75) is 0 Å². The molecule has 0 aromatic heterocycles. The molecule has 0 spiro atoms. The Morgan fingerprint density at radius 2 is 1.50 bits per heavy atom. The number of para-hydroxylation sites is 3. The van der Waals surface area contributed by atoms with Crippen molar-refractivity contribution in [2.24, 2.45) is 0 Å². The molecule has 1 aliphatic rings. The van der Waals surface area contributed by atoms with Gasteiger partial charge in [-0.05, 0) is 24.3 Å². The van der Waals surface area contributed by atoms with Crippen molar-refractivity contribution >= 4 is 39.8 Å². The van der Waals surface area contributed by atoms with Gasteiger partial charge < -0.3 is 10.2 Å². The molecule has 3 aromatic rings. The Kier molecular flexibility index (Phi) is 3.51. The first-order valence-electron chi connectivity index (χ1n) is 7.74. The fourth-order valence-electron chi connectivity index (χ4n) is 3.05. The highest BCUT2D eigenvalue weighted by Crippen LogP contribution is 2.52. The lowest BCUT2D eigenvalue weighted by Crippen LogP contribution is -2.18. The molecule has 0 radical (unpaired) electrons. The third kappa shape index (κ3) is 2.40. The molecule has 0 fully saturated rings. The van der Waals surface area contributed by atoms with E-state index in [0.29, 0.717) is 11.4 Å². The summed E-state index contributed by atoms with van der Waals surface area (Å²) in [6.45, 7) is 0. The van der Waals surface area contributed by atoms with Gasteiger partial charge in [0.2, 0.25) is 0 Å². The largest absolute Gasteiger partial charge is 0.346 e. The van der Waals surface area contributed by atoms with Crippen LogP contribution >= 0.6 is 0 Å². The summed E-state index contributed by atoms with van der Waals surface area (Å²) in [4.78, 5) is 23.4. The summed E-state index contributed by atoms with van der Waals surface area (Å²) in [5.41, 5.74) is 2.08. The predicted octanol–water partition coefficient (Wildman–Crippen LogP) is 5.03. The molecule has 1 heterocycles. The Morgan fingerprint density at radius 3 is 2.19 bits per heavy atom. The fourth-order valence-corrected chi connectivity index (χ4v) is 3.05. The maximum atomic E-state index is 11.5. The van der Waals surface area contributed by atoms with Crippen LogP contribution in [0.5, 0.6) is 0 Å². The van der Waals surface area contributed by atoms with E-state index >= 15 is 0 Å². The van der Waals surface area contributed by atoms with Gasteiger partial charge in [0.15, 0.2) is 0 Å². The van der Waals surface area contributed by atoms with Crippen LogP contribution in [0.25, 0.3) is 0 Å². The summed E-state index contributed by atoms with van der Waals surface area (Å²) in [6, 6.07) is 18.9. The highest BCUT2D eigenvalue weighted by Gasteiger charge is 2.32. The Hall–Kier alpha value is -3.94. The minimum Gasteiger partial charge on any atom is -0.346 e. The zero-order valence-corrected chi connectivity index (χ0v) is 13.3. The molecule has 1 aliphatic heterocycles. The van der Waals surface area contributed by atoms with E-state index in [-0.39, 0.29) is 17.1 Å². The monoisotopic (exact) mass is 348 g/mol. The van der Waals surface area contributed by atoms with Crippen molar-refractivity contribution in [3.63, 3.8) is 0 Å². The number of fused-ring (bicyclic) bond motifs is 2. The summed E-state index contributed by atoms with van der Waals surface area (Å²) in [6.07, 6.45) is 0. The number of hydrogen-bond donors (Lipinski definition) is 1. The maximum Gasteiger partial charge on any atom is 0.301 e. The summed E-state index contributed by atoms with van der Waals surface area (Å²) >= 11 is 0. The summed E-state index contributed by atoms with van der Waals surface area (Å²) in [7, 11) is 0. The highest BCUT2D eigenvalue weighted by molar-refractivity contribution is 6.00. The number of anilines is 5. The number of hydrogen-bond acceptors (Lipinski definition) is 6. The highest BCUT2D eigenvalue weighted by atomic mass is 16.6. The van der Waals surface area contributed by atoms with Gasteiger partial charge in [-0.3, -0.25) is 20.2 Å². The zero-order chi connectivity index (χ0) is 18.3. The Morgan fingerprint density at radius 1 is 0.808 bits per heavy atom. The fraction of sp³-hybridized carbons (Fsp3) is 0. The molecule has 4 rings (SSSR count). The first kappa shape index (κ1) is 15.6. The molecule has 128 valence electrons. The molecule has 8 nitrogen and oxygen atoms in total. The molecule has 0 saturated carbocycles. The van der Waals surface area contributed by atoms with Crippen LogP contribution in [0, 0.1) is 20.2 Å². The zero-order valence-electron chi connectivity index (χ0n) is 13.3. The molecule has 0 unspecified atom stereocenters. The van der Waals surface area contributed by atoms with Crippen molar-refractivity contribution in [2.75, 3.05) is 10.2 Å². The van der Waals surface area contributed by atoms with Gasteiger partial charge in [-0.2, -0.15) is 0 Å². The van der Waals surface area contributed by atoms with Crippen molar-refractivity contribution in [1.29, 1.82) is 0 Å². The lowest BCUT2D eigenvalue weighted by molar-refractivity contribution is -0.393.